The van der Waals surface area contributed by atoms with E-state index in [2.05, 4.69) is 135 Å². The number of benzene rings is 5. The summed E-state index contributed by atoms with van der Waals surface area (Å²) in [6, 6.07) is 32.3. The summed E-state index contributed by atoms with van der Waals surface area (Å²) < 4.78 is 91.4. The number of rotatable bonds is 24. The van der Waals surface area contributed by atoms with E-state index in [9.17, 15) is 39.0 Å². The Hall–Kier alpha value is -3.81. The maximum absolute atomic E-state index is 11.8. The van der Waals surface area contributed by atoms with Crippen LogP contribution in [-0.2, 0) is 63.8 Å². The predicted octanol–water partition coefficient (Wildman–Crippen LogP) is 12.8. The fraction of sp³-hybridized carbons (Fsp3) is 0.552. The molecule has 4 aliphatic heterocycles. The second-order valence-electron chi connectivity index (χ2n) is 29.3. The molecule has 4 saturated heterocycles. The average molecular weight is 1470 g/mol. The van der Waals surface area contributed by atoms with Crippen LogP contribution in [0.2, 0.25) is 108 Å². The molecule has 20 nitrogen and oxygen atoms in total. The van der Waals surface area contributed by atoms with Crippen LogP contribution in [0.3, 0.4) is 0 Å². The molecule has 0 bridgehead atoms. The third-order valence-corrected chi connectivity index (χ3v) is 22.1. The molecule has 4 fully saturated rings. The molecule has 12 atom stereocenters. The first-order valence-corrected chi connectivity index (χ1v) is 51.5. The molecule has 0 spiro atoms. The summed E-state index contributed by atoms with van der Waals surface area (Å²) in [5.74, 6) is 1.71. The zero-order valence-electron chi connectivity index (χ0n) is 57.4. The van der Waals surface area contributed by atoms with Crippen LogP contribution in [0.1, 0.15) is 58.4 Å². The van der Waals surface area contributed by atoms with Crippen molar-refractivity contribution in [2.75, 3.05) is 39.6 Å². The van der Waals surface area contributed by atoms with Crippen LogP contribution in [0.25, 0.3) is 0 Å². The summed E-state index contributed by atoms with van der Waals surface area (Å²) in [5.41, 5.74) is 5.56. The van der Waals surface area contributed by atoms with Gasteiger partial charge in [-0.25, -0.2) is 0 Å². The third-order valence-electron chi connectivity index (χ3n) is 15.2. The van der Waals surface area contributed by atoms with Crippen LogP contribution in [0.15, 0.2) is 114 Å². The Morgan fingerprint density at radius 2 is 1.02 bits per heavy atom. The summed E-state index contributed by atoms with van der Waals surface area (Å²) in [4.78, 5) is 9.76. The van der Waals surface area contributed by atoms with Gasteiger partial charge in [-0.2, -0.15) is 8.42 Å². The van der Waals surface area contributed by atoms with Gasteiger partial charge in [0.2, 0.25) is 8.32 Å². The fourth-order valence-corrected chi connectivity index (χ4v) is 17.2. The Morgan fingerprint density at radius 1 is 0.547 bits per heavy atom. The largest absolute Gasteiger partial charge is 0.544 e. The molecule has 526 valence electrons. The number of aliphatic hydroxyl groups excluding tert-OH is 4. The van der Waals surface area contributed by atoms with Crippen LogP contribution in [0.4, 0.5) is 5.69 Å². The van der Waals surface area contributed by atoms with Gasteiger partial charge in [-0.3, -0.25) is 14.3 Å². The molecule has 5 aromatic rings. The standard InChI is InChI=1S/C34H61ClO6Si5.C23H27ClO7.C10H11NO6S/c1-42(2,3)36-24-30-32(39-44(7,8)9)34(41-46(13,14)15)33(40-45(10,11)12)31(37-30)26-18-21-29(35)27(23-26)22-25-16-19-28(20-17-25)38-43(4,5)6;24-18-6-3-14(23-22(28)21(27)20(26)19(11-25)31-23)10-15(18)9-13-1-4-16(5-2-13)30-17-7-8-29-12-17;12-11(13)8-1-3-10(4-2-8)18(14,15)17-9-5-6-16-7-9/h16-21,23,30-34H,22,24H2,1-15H3;1-6,10,17,19-23,25-28H,7-9,11-12H2;1-4,9H,5-7H2/t30-,31+,32-,33+,34+;17-,19+,20+,21-,22+,23-;9-/m101/s1. The first-order valence-electron chi connectivity index (χ1n) is 32.3. The van der Waals surface area contributed by atoms with Gasteiger partial charge in [-0.1, -0.05) is 71.7 Å². The highest BCUT2D eigenvalue weighted by atomic mass is 35.5. The molecule has 9 rings (SSSR count). The van der Waals surface area contributed by atoms with Gasteiger partial charge in [0.05, 0.1) is 42.9 Å². The lowest BCUT2D eigenvalue weighted by Crippen LogP contribution is -2.63. The lowest BCUT2D eigenvalue weighted by atomic mass is 9.90. The van der Waals surface area contributed by atoms with Gasteiger partial charge in [0.1, 0.15) is 84.7 Å². The molecule has 4 heterocycles. The van der Waals surface area contributed by atoms with Crippen molar-refractivity contribution in [3.8, 4) is 11.5 Å². The normalized spacial score (nSPS) is 25.2. The van der Waals surface area contributed by atoms with Gasteiger partial charge in [0.15, 0.2) is 33.3 Å². The molecule has 5 aromatic carbocycles. The predicted molar refractivity (Wildman–Crippen MR) is 380 cm³/mol. The van der Waals surface area contributed by atoms with Crippen molar-refractivity contribution in [1.29, 1.82) is 0 Å². The zero-order chi connectivity index (χ0) is 70.0. The van der Waals surface area contributed by atoms with Gasteiger partial charge in [0.25, 0.3) is 15.8 Å². The molecule has 0 saturated carbocycles. The van der Waals surface area contributed by atoms with Crippen molar-refractivity contribution in [2.24, 2.45) is 0 Å². The molecule has 0 radical (unpaired) electrons. The van der Waals surface area contributed by atoms with Crippen molar-refractivity contribution in [3.63, 3.8) is 0 Å². The second-order valence-corrected chi connectivity index (χ2v) is 54.0. The molecule has 28 heteroatoms. The van der Waals surface area contributed by atoms with Crippen LogP contribution in [-0.4, -0.2) is 176 Å². The van der Waals surface area contributed by atoms with E-state index in [4.69, 9.17) is 73.2 Å². The highest BCUT2D eigenvalue weighted by Crippen LogP contribution is 2.42. The van der Waals surface area contributed by atoms with Gasteiger partial charge in [-0.15, -0.1) is 0 Å². The smallest absolute Gasteiger partial charge is 0.297 e. The molecular formula is C67H99Cl2NO19SSi5. The number of ether oxygens (including phenoxy) is 5. The number of non-ortho nitro benzene ring substituents is 1. The fourth-order valence-electron chi connectivity index (χ4n) is 11.0. The lowest BCUT2D eigenvalue weighted by Gasteiger charge is -2.51. The summed E-state index contributed by atoms with van der Waals surface area (Å²) in [7, 11) is -13.5. The Morgan fingerprint density at radius 3 is 1.48 bits per heavy atom. The molecule has 0 unspecified atom stereocenters. The highest BCUT2D eigenvalue weighted by molar-refractivity contribution is 7.86. The SMILES string of the molecule is C[Si](C)(C)OC[C@H]1O[C@@H](c2ccc(Cl)c(Cc3ccc(O[Si](C)(C)C)cc3)c2)[C@H](O[Si](C)(C)C)[C@@H](O[Si](C)(C)C)[C@@H]1O[Si](C)(C)C.O=[N+]([O-])c1ccc(S(=O)(=O)O[C@@H]2CCOC2)cc1.OC[C@H]1O[C@@H](c2ccc(Cl)c(Cc3ccc(O[C@H]4CCOC4)cc3)c2)[C@H](O)[C@@H](O)[C@@H]1O. The number of hydrogen-bond acceptors (Lipinski definition) is 19. The second kappa shape index (κ2) is 33.6. The summed E-state index contributed by atoms with van der Waals surface area (Å²) >= 11 is 13.3. The Bertz CT molecular complexity index is 3370. The Balaban J connectivity index is 0.000000222. The van der Waals surface area contributed by atoms with E-state index in [0.717, 1.165) is 76.1 Å². The van der Waals surface area contributed by atoms with E-state index >= 15 is 0 Å². The van der Waals surface area contributed by atoms with Crippen LogP contribution in [0.5, 0.6) is 11.5 Å². The van der Waals surface area contributed by atoms with Gasteiger partial charge < -0.3 is 66.2 Å². The number of halogens is 2. The average Bonchev–Trinajstić information content (AvgIpc) is 1.69. The number of nitro groups is 1. The molecular weight excluding hydrogens is 1370 g/mol. The highest BCUT2D eigenvalue weighted by Gasteiger charge is 2.52. The van der Waals surface area contributed by atoms with Crippen molar-refractivity contribution in [2.45, 2.75) is 202 Å². The third kappa shape index (κ3) is 24.5. The van der Waals surface area contributed by atoms with Crippen LogP contribution < -0.4 is 9.16 Å². The van der Waals surface area contributed by atoms with E-state index < -0.39 is 99.9 Å². The van der Waals surface area contributed by atoms with Crippen molar-refractivity contribution < 1.29 is 83.8 Å². The Kier molecular flexibility index (Phi) is 27.8. The summed E-state index contributed by atoms with van der Waals surface area (Å²) in [5, 5.41) is 51.6. The number of aliphatic hydroxyl groups is 4. The monoisotopic (exact) mass is 1460 g/mol. The number of nitro benzene ring substituents is 1. The van der Waals surface area contributed by atoms with Crippen LogP contribution in [0, 0.1) is 10.1 Å². The molecule has 0 aliphatic carbocycles. The van der Waals surface area contributed by atoms with E-state index in [-0.39, 0.29) is 53.8 Å². The molecule has 0 aromatic heterocycles. The minimum atomic E-state index is -3.89. The van der Waals surface area contributed by atoms with E-state index in [1.54, 1.807) is 12.1 Å². The van der Waals surface area contributed by atoms with Gasteiger partial charge >= 0.3 is 0 Å². The summed E-state index contributed by atoms with van der Waals surface area (Å²) in [6.07, 6.45) is -5.32. The maximum Gasteiger partial charge on any atom is 0.297 e. The molecule has 95 heavy (non-hydrogen) atoms. The zero-order valence-corrected chi connectivity index (χ0v) is 64.7. The number of hydrogen-bond donors (Lipinski definition) is 4. The van der Waals surface area contributed by atoms with E-state index in [1.165, 1.54) is 5.56 Å². The first-order chi connectivity index (χ1) is 44.2. The minimum absolute atomic E-state index is 0.0931. The van der Waals surface area contributed by atoms with Gasteiger partial charge in [0, 0.05) is 41.6 Å². The van der Waals surface area contributed by atoms with Crippen LogP contribution >= 0.6 is 23.2 Å². The van der Waals surface area contributed by atoms with E-state index in [0.29, 0.717) is 49.7 Å². The summed E-state index contributed by atoms with van der Waals surface area (Å²) in [6.45, 7) is 35.3. The van der Waals surface area contributed by atoms with Crippen molar-refractivity contribution in [3.05, 3.63) is 163 Å². The molecule has 4 aliphatic rings. The Labute approximate surface area is 576 Å². The minimum Gasteiger partial charge on any atom is -0.544 e. The van der Waals surface area contributed by atoms with Gasteiger partial charge in [-0.05, 0) is 193 Å². The quantitative estimate of drug-likeness (QED) is 0.0194. The molecule has 0 amide bonds. The van der Waals surface area contributed by atoms with E-state index in [1.807, 2.05) is 36.4 Å². The van der Waals surface area contributed by atoms with Crippen molar-refractivity contribution in [1.82, 2.24) is 0 Å². The lowest BCUT2D eigenvalue weighted by molar-refractivity contribution is -0.384. The first kappa shape index (κ1) is 78.5. The van der Waals surface area contributed by atoms with Crippen molar-refractivity contribution >= 4 is 80.6 Å². The number of nitrogens with zero attached hydrogens (tertiary/aromatic N) is 1. The maximum atomic E-state index is 11.8. The topological polar surface area (TPSA) is 260 Å². The molecule has 4 N–H and O–H groups in total.